The second kappa shape index (κ2) is 6.55. The molecular weight excluding hydrogens is 294 g/mol. The monoisotopic (exact) mass is 315 g/mol. The highest BCUT2D eigenvalue weighted by Gasteiger charge is 2.27. The lowest BCUT2D eigenvalue weighted by molar-refractivity contribution is 0.0600. The van der Waals surface area contributed by atoms with Gasteiger partial charge in [0.25, 0.3) is 0 Å². The summed E-state index contributed by atoms with van der Waals surface area (Å²) in [6.45, 7) is 5.08. The van der Waals surface area contributed by atoms with E-state index < -0.39 is 21.6 Å². The van der Waals surface area contributed by atoms with Gasteiger partial charge in [0.2, 0.25) is 10.0 Å². The zero-order valence-electron chi connectivity index (χ0n) is 12.4. The molecule has 0 amide bonds. The van der Waals surface area contributed by atoms with E-state index in [0.717, 1.165) is 0 Å². The van der Waals surface area contributed by atoms with Crippen molar-refractivity contribution in [3.05, 3.63) is 35.4 Å². The zero-order valence-corrected chi connectivity index (χ0v) is 13.2. The molecule has 0 atom stereocenters. The van der Waals surface area contributed by atoms with Gasteiger partial charge in [-0.25, -0.2) is 13.2 Å². The summed E-state index contributed by atoms with van der Waals surface area (Å²) in [6.07, 6.45) is 0. The summed E-state index contributed by atoms with van der Waals surface area (Å²) in [6, 6.07) is 5.72. The number of hydrogen-bond acceptors (Lipinski definition) is 4. The van der Waals surface area contributed by atoms with E-state index in [1.165, 1.54) is 28.6 Å². The molecule has 0 aliphatic carbocycles. The minimum Gasteiger partial charge on any atom is -0.478 e. The number of aromatic carboxylic acids is 1. The maximum Gasteiger partial charge on any atom is 0.335 e. The van der Waals surface area contributed by atoms with Crippen LogP contribution in [0.5, 0.6) is 0 Å². The van der Waals surface area contributed by atoms with Gasteiger partial charge >= 0.3 is 5.97 Å². The van der Waals surface area contributed by atoms with E-state index in [-0.39, 0.29) is 24.4 Å². The largest absolute Gasteiger partial charge is 0.478 e. The molecule has 0 bridgehead atoms. The summed E-state index contributed by atoms with van der Waals surface area (Å²) in [5.41, 5.74) is -0.495. The van der Waals surface area contributed by atoms with Gasteiger partial charge in [-0.05, 0) is 31.5 Å². The molecule has 1 rings (SSSR count). The van der Waals surface area contributed by atoms with E-state index in [1.54, 1.807) is 20.8 Å². The normalized spacial score (nSPS) is 12.6. The van der Waals surface area contributed by atoms with E-state index in [0.29, 0.717) is 5.56 Å². The standard InChI is InChI=1S/C14H21NO5S/c1-4-15(10-14(2,3)18)21(19,20)9-11-5-7-12(8-6-11)13(16)17/h5-8,18H,4,9-10H2,1-3H3,(H,16,17). The van der Waals surface area contributed by atoms with Crippen LogP contribution in [0.25, 0.3) is 0 Å². The van der Waals surface area contributed by atoms with Crippen LogP contribution in [0.15, 0.2) is 24.3 Å². The zero-order chi connectivity index (χ0) is 16.3. The highest BCUT2D eigenvalue weighted by Crippen LogP contribution is 2.15. The van der Waals surface area contributed by atoms with Crippen molar-refractivity contribution in [3.63, 3.8) is 0 Å². The van der Waals surface area contributed by atoms with Crippen LogP contribution < -0.4 is 0 Å². The third-order valence-electron chi connectivity index (χ3n) is 2.86. The van der Waals surface area contributed by atoms with Crippen molar-refractivity contribution in [2.45, 2.75) is 32.1 Å². The Morgan fingerprint density at radius 2 is 1.76 bits per heavy atom. The summed E-state index contributed by atoms with van der Waals surface area (Å²) < 4.78 is 25.9. The molecule has 0 aliphatic heterocycles. The number of likely N-dealkylation sites (N-methyl/N-ethyl adjacent to an activating group) is 1. The van der Waals surface area contributed by atoms with Crippen molar-refractivity contribution in [2.24, 2.45) is 0 Å². The number of benzene rings is 1. The van der Waals surface area contributed by atoms with Gasteiger partial charge in [0.1, 0.15) is 0 Å². The van der Waals surface area contributed by atoms with Crippen molar-refractivity contribution < 1.29 is 23.4 Å². The van der Waals surface area contributed by atoms with Crippen molar-refractivity contribution >= 4 is 16.0 Å². The van der Waals surface area contributed by atoms with Gasteiger partial charge in [-0.2, -0.15) is 4.31 Å². The van der Waals surface area contributed by atoms with Crippen molar-refractivity contribution in [1.82, 2.24) is 4.31 Å². The molecule has 0 spiro atoms. The smallest absolute Gasteiger partial charge is 0.335 e. The Balaban J connectivity index is 2.90. The van der Waals surface area contributed by atoms with Crippen LogP contribution >= 0.6 is 0 Å². The van der Waals surface area contributed by atoms with Crippen molar-refractivity contribution in [1.29, 1.82) is 0 Å². The topological polar surface area (TPSA) is 94.9 Å². The number of sulfonamides is 1. The molecule has 0 aliphatic rings. The van der Waals surface area contributed by atoms with Crippen LogP contribution in [0.1, 0.15) is 36.7 Å². The lowest BCUT2D eigenvalue weighted by atomic mass is 10.1. The number of aliphatic hydroxyl groups is 1. The molecule has 118 valence electrons. The molecule has 1 aromatic rings. The van der Waals surface area contributed by atoms with Crippen LogP contribution in [0.3, 0.4) is 0 Å². The average Bonchev–Trinajstić information content (AvgIpc) is 2.34. The molecule has 6 nitrogen and oxygen atoms in total. The molecule has 0 unspecified atom stereocenters. The van der Waals surface area contributed by atoms with Gasteiger partial charge in [0.05, 0.1) is 16.9 Å². The summed E-state index contributed by atoms with van der Waals surface area (Å²) >= 11 is 0. The van der Waals surface area contributed by atoms with Crippen molar-refractivity contribution in [2.75, 3.05) is 13.1 Å². The number of rotatable bonds is 7. The summed E-state index contributed by atoms with van der Waals surface area (Å²) in [4.78, 5) is 10.8. The van der Waals surface area contributed by atoms with E-state index >= 15 is 0 Å². The van der Waals surface area contributed by atoms with Crippen LogP contribution in [-0.4, -0.2) is 47.6 Å². The number of nitrogens with zero attached hydrogens (tertiary/aromatic N) is 1. The summed E-state index contributed by atoms with van der Waals surface area (Å²) in [5.74, 6) is -1.28. The third-order valence-corrected chi connectivity index (χ3v) is 4.73. The second-order valence-corrected chi connectivity index (χ2v) is 7.47. The SMILES string of the molecule is CCN(CC(C)(C)O)S(=O)(=O)Cc1ccc(C(=O)O)cc1. The molecule has 0 saturated carbocycles. The molecule has 0 radical (unpaired) electrons. The minimum atomic E-state index is -3.57. The predicted octanol–water partition coefficient (Wildman–Crippen LogP) is 1.31. The van der Waals surface area contributed by atoms with Gasteiger partial charge in [0, 0.05) is 13.1 Å². The number of carboxylic acid groups (broad SMARTS) is 1. The maximum absolute atomic E-state index is 12.3. The molecule has 0 heterocycles. The van der Waals surface area contributed by atoms with Gasteiger partial charge in [-0.3, -0.25) is 0 Å². The number of hydrogen-bond donors (Lipinski definition) is 2. The lowest BCUT2D eigenvalue weighted by Gasteiger charge is -2.27. The average molecular weight is 315 g/mol. The fourth-order valence-electron chi connectivity index (χ4n) is 1.88. The highest BCUT2D eigenvalue weighted by molar-refractivity contribution is 7.88. The van der Waals surface area contributed by atoms with Gasteiger partial charge in [-0.15, -0.1) is 0 Å². The fraction of sp³-hybridized carbons (Fsp3) is 0.500. The fourth-order valence-corrected chi connectivity index (χ4v) is 3.59. The Kier molecular flexibility index (Phi) is 5.49. The first-order valence-corrected chi connectivity index (χ1v) is 8.18. The molecule has 2 N–H and O–H groups in total. The Hall–Kier alpha value is -1.44. The van der Waals surface area contributed by atoms with Gasteiger partial charge in [0.15, 0.2) is 0 Å². The van der Waals surface area contributed by atoms with Crippen molar-refractivity contribution in [3.8, 4) is 0 Å². The predicted molar refractivity (Wildman–Crippen MR) is 79.6 cm³/mol. The third kappa shape index (κ3) is 5.45. The molecule has 1 aromatic carbocycles. The molecule has 21 heavy (non-hydrogen) atoms. The van der Waals surface area contributed by atoms with E-state index in [1.807, 2.05) is 0 Å². The Morgan fingerprint density at radius 3 is 2.14 bits per heavy atom. The van der Waals surface area contributed by atoms with Crippen LogP contribution in [0.2, 0.25) is 0 Å². The van der Waals surface area contributed by atoms with Crippen LogP contribution in [-0.2, 0) is 15.8 Å². The number of carbonyl (C=O) groups is 1. The molecule has 0 aromatic heterocycles. The van der Waals surface area contributed by atoms with E-state index in [2.05, 4.69) is 0 Å². The van der Waals surface area contributed by atoms with Gasteiger partial charge in [-0.1, -0.05) is 19.1 Å². The Morgan fingerprint density at radius 1 is 1.24 bits per heavy atom. The second-order valence-electron chi connectivity index (χ2n) is 5.50. The first-order valence-electron chi connectivity index (χ1n) is 6.57. The molecule has 0 fully saturated rings. The quantitative estimate of drug-likeness (QED) is 0.791. The van der Waals surface area contributed by atoms with Crippen LogP contribution in [0.4, 0.5) is 0 Å². The minimum absolute atomic E-state index is 0.0129. The Labute approximate surface area is 125 Å². The first kappa shape index (κ1) is 17.6. The molecular formula is C14H21NO5S. The first-order chi connectivity index (χ1) is 9.55. The van der Waals surface area contributed by atoms with E-state index in [4.69, 9.17) is 5.11 Å². The Bertz CT molecular complexity index is 587. The summed E-state index contributed by atoms with van der Waals surface area (Å²) in [5, 5.41) is 18.6. The lowest BCUT2D eigenvalue weighted by Crippen LogP contribution is -2.42. The van der Waals surface area contributed by atoms with Gasteiger partial charge < -0.3 is 10.2 Å². The van der Waals surface area contributed by atoms with Crippen LogP contribution in [0, 0.1) is 0 Å². The number of carboxylic acids is 1. The molecule has 0 saturated heterocycles. The van der Waals surface area contributed by atoms with E-state index in [9.17, 15) is 18.3 Å². The highest BCUT2D eigenvalue weighted by atomic mass is 32.2. The summed E-state index contributed by atoms with van der Waals surface area (Å²) in [7, 11) is -3.57. The molecule has 7 heteroatoms. The maximum atomic E-state index is 12.3.